The fourth-order valence-corrected chi connectivity index (χ4v) is 3.09. The Balaban J connectivity index is 1.54. The van der Waals surface area contributed by atoms with Crippen LogP contribution in [0.3, 0.4) is 0 Å². The second-order valence-electron chi connectivity index (χ2n) is 5.87. The summed E-state index contributed by atoms with van der Waals surface area (Å²) in [5.41, 5.74) is 1.20. The molecule has 0 N–H and O–H groups in total. The Bertz CT molecular complexity index is 487. The number of carbonyl (C=O) groups excluding carboxylic acids is 1. The molecule has 5 atom stereocenters. The normalized spacial score (nSPS) is 34.7. The predicted octanol–water partition coefficient (Wildman–Crippen LogP) is 2.87. The van der Waals surface area contributed by atoms with Crippen molar-refractivity contribution in [2.24, 2.45) is 5.92 Å². The summed E-state index contributed by atoms with van der Waals surface area (Å²) in [6.07, 6.45) is 1.60. The molecule has 0 spiro atoms. The molecule has 21 heavy (non-hydrogen) atoms. The molecule has 1 aromatic carbocycles. The first-order valence-corrected chi connectivity index (χ1v) is 7.70. The molecule has 4 heteroatoms. The minimum atomic E-state index is -0.175. The van der Waals surface area contributed by atoms with Crippen molar-refractivity contribution in [3.8, 4) is 0 Å². The quantitative estimate of drug-likeness (QED) is 0.618. The van der Waals surface area contributed by atoms with Gasteiger partial charge in [-0.1, -0.05) is 37.3 Å². The van der Waals surface area contributed by atoms with Gasteiger partial charge in [0.2, 0.25) is 0 Å². The molecule has 2 fully saturated rings. The van der Waals surface area contributed by atoms with Gasteiger partial charge in [-0.3, -0.25) is 4.79 Å². The van der Waals surface area contributed by atoms with E-state index in [1.54, 1.807) is 0 Å². The van der Waals surface area contributed by atoms with Crippen molar-refractivity contribution < 1.29 is 19.0 Å². The molecule has 1 aromatic rings. The Kier molecular flexibility index (Phi) is 4.27. The smallest absolute Gasteiger partial charge is 0.308 e. The predicted molar refractivity (Wildman–Crippen MR) is 77.7 cm³/mol. The van der Waals surface area contributed by atoms with Crippen molar-refractivity contribution in [3.63, 3.8) is 0 Å². The highest BCUT2D eigenvalue weighted by molar-refractivity contribution is 5.70. The fourth-order valence-electron chi connectivity index (χ4n) is 3.09. The van der Waals surface area contributed by atoms with Crippen LogP contribution in [0.5, 0.6) is 0 Å². The molecule has 2 heterocycles. The van der Waals surface area contributed by atoms with Gasteiger partial charge in [-0.2, -0.15) is 0 Å². The van der Waals surface area contributed by atoms with Gasteiger partial charge in [0.25, 0.3) is 0 Å². The van der Waals surface area contributed by atoms with Gasteiger partial charge in [0, 0.05) is 0 Å². The second-order valence-corrected chi connectivity index (χ2v) is 5.87. The number of carbonyl (C=O) groups is 1. The van der Waals surface area contributed by atoms with Gasteiger partial charge in [0.1, 0.15) is 12.2 Å². The van der Waals surface area contributed by atoms with Gasteiger partial charge in [-0.05, 0) is 24.8 Å². The van der Waals surface area contributed by atoms with E-state index in [2.05, 4.69) is 19.1 Å². The summed E-state index contributed by atoms with van der Waals surface area (Å²) in [6, 6.07) is 10.2. The monoisotopic (exact) mass is 290 g/mol. The van der Waals surface area contributed by atoms with E-state index in [0.717, 1.165) is 6.42 Å². The lowest BCUT2D eigenvalue weighted by molar-refractivity contribution is -0.146. The molecule has 114 valence electrons. The number of epoxide rings is 1. The lowest BCUT2D eigenvalue weighted by Crippen LogP contribution is -2.22. The molecular formula is C17H22O4. The zero-order valence-corrected chi connectivity index (χ0v) is 12.5. The Morgan fingerprint density at radius 3 is 2.76 bits per heavy atom. The van der Waals surface area contributed by atoms with Gasteiger partial charge >= 0.3 is 5.97 Å². The maximum Gasteiger partial charge on any atom is 0.308 e. The lowest BCUT2D eigenvalue weighted by atomic mass is 9.97. The molecule has 4 nitrogen and oxygen atoms in total. The maximum atomic E-state index is 11.6. The molecule has 0 unspecified atom stereocenters. The van der Waals surface area contributed by atoms with Crippen LogP contribution in [0.4, 0.5) is 0 Å². The van der Waals surface area contributed by atoms with Crippen LogP contribution in [0, 0.1) is 5.92 Å². The van der Waals surface area contributed by atoms with Crippen molar-refractivity contribution in [2.75, 3.05) is 6.61 Å². The summed E-state index contributed by atoms with van der Waals surface area (Å²) in [4.78, 5) is 11.6. The number of hydrogen-bond acceptors (Lipinski definition) is 4. The second kappa shape index (κ2) is 6.16. The van der Waals surface area contributed by atoms with Crippen molar-refractivity contribution >= 4 is 5.97 Å². The Labute approximate surface area is 125 Å². The Morgan fingerprint density at radius 1 is 1.29 bits per heavy atom. The van der Waals surface area contributed by atoms with E-state index in [1.807, 2.05) is 25.1 Å². The van der Waals surface area contributed by atoms with Gasteiger partial charge in [-0.25, -0.2) is 0 Å². The first-order chi connectivity index (χ1) is 10.2. The van der Waals surface area contributed by atoms with Crippen LogP contribution in [-0.4, -0.2) is 30.9 Å². The highest BCUT2D eigenvalue weighted by Gasteiger charge is 2.50. The van der Waals surface area contributed by atoms with E-state index in [0.29, 0.717) is 18.9 Å². The highest BCUT2D eigenvalue weighted by Crippen LogP contribution is 2.46. The van der Waals surface area contributed by atoms with Crippen LogP contribution in [-0.2, 0) is 19.0 Å². The Morgan fingerprint density at radius 2 is 2.05 bits per heavy atom. The molecule has 2 saturated heterocycles. The van der Waals surface area contributed by atoms with Crippen molar-refractivity contribution in [3.05, 3.63) is 35.9 Å². The van der Waals surface area contributed by atoms with Gasteiger partial charge < -0.3 is 14.2 Å². The summed E-state index contributed by atoms with van der Waals surface area (Å²) < 4.78 is 16.8. The molecule has 0 aliphatic carbocycles. The van der Waals surface area contributed by atoms with E-state index in [9.17, 15) is 4.79 Å². The van der Waals surface area contributed by atoms with Gasteiger partial charge in [-0.15, -0.1) is 0 Å². The molecule has 3 rings (SSSR count). The van der Waals surface area contributed by atoms with E-state index in [-0.39, 0.29) is 30.4 Å². The van der Waals surface area contributed by atoms with Crippen LogP contribution in [0.2, 0.25) is 0 Å². The summed E-state index contributed by atoms with van der Waals surface area (Å²) >= 11 is 0. The van der Waals surface area contributed by atoms with Crippen LogP contribution in [0.15, 0.2) is 30.3 Å². The number of esters is 1. The molecule has 0 radical (unpaired) electrons. The summed E-state index contributed by atoms with van der Waals surface area (Å²) in [6.45, 7) is 4.37. The van der Waals surface area contributed by atoms with Crippen LogP contribution in [0.1, 0.15) is 38.4 Å². The molecule has 0 bridgehead atoms. The maximum absolute atomic E-state index is 11.6. The average Bonchev–Trinajstić information content (AvgIpc) is 3.20. The fraction of sp³-hybridized carbons (Fsp3) is 0.588. The standard InChI is InChI=1S/C17H22O4/c1-3-19-15(18)10-13-11(2)9-14(20-13)17-16(21-17)12-7-5-4-6-8-12/h4-8,11,13-14,16-17H,3,9-10H2,1-2H3/t11-,13+,14-,16-,17-/m1/s1. The zero-order valence-electron chi connectivity index (χ0n) is 12.5. The summed E-state index contributed by atoms with van der Waals surface area (Å²) in [5.74, 6) is 0.186. The van der Waals surface area contributed by atoms with Gasteiger partial charge in [0.05, 0.1) is 25.2 Å². The van der Waals surface area contributed by atoms with Crippen molar-refractivity contribution in [2.45, 2.75) is 51.1 Å². The summed E-state index contributed by atoms with van der Waals surface area (Å²) in [7, 11) is 0. The minimum Gasteiger partial charge on any atom is -0.466 e. The Hall–Kier alpha value is -1.39. The molecular weight excluding hydrogens is 268 g/mol. The van der Waals surface area contributed by atoms with Crippen LogP contribution >= 0.6 is 0 Å². The zero-order chi connectivity index (χ0) is 14.8. The van der Waals surface area contributed by atoms with E-state index < -0.39 is 0 Å². The molecule has 2 aliphatic heterocycles. The minimum absolute atomic E-state index is 0.0466. The third-order valence-corrected chi connectivity index (χ3v) is 4.28. The first kappa shape index (κ1) is 14.5. The average molecular weight is 290 g/mol. The van der Waals surface area contributed by atoms with Crippen LogP contribution < -0.4 is 0 Å². The van der Waals surface area contributed by atoms with E-state index in [1.165, 1.54) is 5.56 Å². The van der Waals surface area contributed by atoms with Crippen molar-refractivity contribution in [1.82, 2.24) is 0 Å². The SMILES string of the molecule is CCOC(=O)C[C@@H]1O[C@@H]([C@H]2O[C@@H]2c2ccccc2)C[C@H]1C. The topological polar surface area (TPSA) is 48.1 Å². The largest absolute Gasteiger partial charge is 0.466 e. The van der Waals surface area contributed by atoms with E-state index in [4.69, 9.17) is 14.2 Å². The third kappa shape index (κ3) is 3.27. The number of ether oxygens (including phenoxy) is 3. The molecule has 0 aromatic heterocycles. The summed E-state index contributed by atoms with van der Waals surface area (Å²) in [5, 5.41) is 0. The van der Waals surface area contributed by atoms with E-state index >= 15 is 0 Å². The lowest BCUT2D eigenvalue weighted by Gasteiger charge is -2.14. The molecule has 0 amide bonds. The highest BCUT2D eigenvalue weighted by atomic mass is 16.6. The van der Waals surface area contributed by atoms with Gasteiger partial charge in [0.15, 0.2) is 0 Å². The number of benzene rings is 1. The third-order valence-electron chi connectivity index (χ3n) is 4.28. The number of hydrogen-bond donors (Lipinski definition) is 0. The number of rotatable bonds is 5. The molecule has 0 saturated carbocycles. The first-order valence-electron chi connectivity index (χ1n) is 7.70. The van der Waals surface area contributed by atoms with Crippen LogP contribution in [0.25, 0.3) is 0 Å². The molecule has 2 aliphatic rings. The van der Waals surface area contributed by atoms with Crippen molar-refractivity contribution in [1.29, 1.82) is 0 Å².